The summed E-state index contributed by atoms with van der Waals surface area (Å²) in [4.78, 5) is 3.89. The fourth-order valence-electron chi connectivity index (χ4n) is 4.37. The molecular formula is C14H18BBr2N. The number of nitrogens with zero attached hydrogens (tertiary/aromatic N) is 1. The lowest BCUT2D eigenvalue weighted by atomic mass is 9.28. The third kappa shape index (κ3) is 3.19. The molecule has 96 valence electrons. The van der Waals surface area contributed by atoms with Gasteiger partial charge < -0.3 is 0 Å². The van der Waals surface area contributed by atoms with E-state index in [1.807, 2.05) is 6.07 Å². The van der Waals surface area contributed by atoms with Crippen LogP contribution in [0.25, 0.3) is 0 Å². The average molecular weight is 371 g/mol. The Hall–Kier alpha value is 0.175. The van der Waals surface area contributed by atoms with Gasteiger partial charge in [0.05, 0.1) is 0 Å². The summed E-state index contributed by atoms with van der Waals surface area (Å²) >= 11 is 6.54. The summed E-state index contributed by atoms with van der Waals surface area (Å²) in [5.41, 5.74) is 0. The first-order valence-electron chi connectivity index (χ1n) is 6.95. The lowest BCUT2D eigenvalue weighted by molar-refractivity contribution is 0.194. The number of hydrogen-bond donors (Lipinski definition) is 0. The highest BCUT2D eigenvalue weighted by atomic mass is 79.9. The van der Waals surface area contributed by atoms with Crippen molar-refractivity contribution in [1.82, 2.24) is 4.98 Å². The van der Waals surface area contributed by atoms with Crippen molar-refractivity contribution in [2.24, 2.45) is 17.8 Å². The van der Waals surface area contributed by atoms with Crippen LogP contribution in [-0.2, 0) is 0 Å². The predicted molar refractivity (Wildman–Crippen MR) is 84.1 cm³/mol. The van der Waals surface area contributed by atoms with Crippen molar-refractivity contribution in [1.29, 1.82) is 0 Å². The molecule has 0 amide bonds. The Morgan fingerprint density at radius 3 is 1.61 bits per heavy atom. The maximum absolute atomic E-state index is 3.89. The molecule has 4 aliphatic rings. The van der Waals surface area contributed by atoms with Crippen LogP contribution >= 0.6 is 31.9 Å². The quantitative estimate of drug-likeness (QED) is 0.576. The molecule has 4 heteroatoms. The molecule has 4 fully saturated rings. The molecule has 0 unspecified atom stereocenters. The van der Waals surface area contributed by atoms with Crippen molar-refractivity contribution >= 4 is 38.6 Å². The van der Waals surface area contributed by atoms with Crippen LogP contribution in [-0.4, -0.2) is 11.7 Å². The van der Waals surface area contributed by atoms with Crippen molar-refractivity contribution < 1.29 is 0 Å². The minimum absolute atomic E-state index is 0.992. The second-order valence-electron chi connectivity index (χ2n) is 6.20. The van der Waals surface area contributed by atoms with Crippen LogP contribution in [0.5, 0.6) is 0 Å². The lowest BCUT2D eigenvalue weighted by Gasteiger charge is -2.48. The van der Waals surface area contributed by atoms with Gasteiger partial charge in [-0.2, -0.15) is 0 Å². The SMILES string of the molecule is Brc1cncc(Br)c1.C1B2CC3CC1CC(C2)C3. The predicted octanol–water partition coefficient (Wildman–Crippen LogP) is 5.15. The highest BCUT2D eigenvalue weighted by molar-refractivity contribution is 9.11. The van der Waals surface area contributed by atoms with Crippen molar-refractivity contribution in [3.05, 3.63) is 27.4 Å². The normalized spacial score (nSPS) is 32.1. The van der Waals surface area contributed by atoms with E-state index in [0.717, 1.165) is 8.95 Å². The summed E-state index contributed by atoms with van der Waals surface area (Å²) in [6.07, 6.45) is 13.1. The molecule has 1 aromatic rings. The second kappa shape index (κ2) is 5.66. The highest BCUT2D eigenvalue weighted by Crippen LogP contribution is 2.51. The van der Waals surface area contributed by atoms with Gasteiger partial charge in [0.25, 0.3) is 0 Å². The van der Waals surface area contributed by atoms with E-state index in [2.05, 4.69) is 36.8 Å². The molecule has 1 aromatic heterocycles. The van der Waals surface area contributed by atoms with Crippen LogP contribution in [0.15, 0.2) is 27.4 Å². The zero-order valence-corrected chi connectivity index (χ0v) is 13.7. The summed E-state index contributed by atoms with van der Waals surface area (Å²) < 4.78 is 1.98. The molecule has 0 aromatic carbocycles. The maximum atomic E-state index is 3.89. The van der Waals surface area contributed by atoms with Crippen molar-refractivity contribution in [2.75, 3.05) is 0 Å². The van der Waals surface area contributed by atoms with Crippen LogP contribution in [0.3, 0.4) is 0 Å². The molecule has 1 nitrogen and oxygen atoms in total. The van der Waals surface area contributed by atoms with Gasteiger partial charge in [-0.3, -0.25) is 4.98 Å². The van der Waals surface area contributed by atoms with Gasteiger partial charge in [0.15, 0.2) is 0 Å². The van der Waals surface area contributed by atoms with E-state index in [1.165, 1.54) is 24.5 Å². The first-order valence-corrected chi connectivity index (χ1v) is 8.53. The molecule has 3 saturated heterocycles. The van der Waals surface area contributed by atoms with Gasteiger partial charge in [-0.15, -0.1) is 0 Å². The van der Waals surface area contributed by atoms with Gasteiger partial charge in [0, 0.05) is 21.3 Å². The van der Waals surface area contributed by atoms with E-state index in [4.69, 9.17) is 0 Å². The minimum Gasteiger partial charge on any atom is -0.262 e. The van der Waals surface area contributed by atoms with E-state index < -0.39 is 0 Å². The fourth-order valence-corrected chi connectivity index (χ4v) is 5.41. The van der Waals surface area contributed by atoms with Crippen molar-refractivity contribution in [3.8, 4) is 0 Å². The third-order valence-corrected chi connectivity index (χ3v) is 5.54. The second-order valence-corrected chi connectivity index (χ2v) is 8.03. The van der Waals surface area contributed by atoms with Gasteiger partial charge in [-0.1, -0.05) is 19.0 Å². The maximum Gasteiger partial charge on any atom is 0.140 e. The summed E-state index contributed by atoms with van der Waals surface area (Å²) in [5.74, 6) is 3.53. The monoisotopic (exact) mass is 369 g/mol. The summed E-state index contributed by atoms with van der Waals surface area (Å²) in [5, 5.41) is 0. The summed E-state index contributed by atoms with van der Waals surface area (Å²) in [6, 6.07) is 1.94. The molecular weight excluding hydrogens is 353 g/mol. The lowest BCUT2D eigenvalue weighted by Crippen LogP contribution is -2.42. The smallest absolute Gasteiger partial charge is 0.140 e. The van der Waals surface area contributed by atoms with Crippen LogP contribution in [0.1, 0.15) is 19.3 Å². The molecule has 1 aliphatic carbocycles. The van der Waals surface area contributed by atoms with Crippen LogP contribution < -0.4 is 0 Å². The van der Waals surface area contributed by atoms with Crippen LogP contribution in [0, 0.1) is 17.8 Å². The molecule has 0 radical (unpaired) electrons. The Labute approximate surface area is 126 Å². The Kier molecular flexibility index (Phi) is 4.14. The van der Waals surface area contributed by atoms with Gasteiger partial charge in [0.1, 0.15) is 6.71 Å². The van der Waals surface area contributed by atoms with Gasteiger partial charge in [-0.25, -0.2) is 0 Å². The Morgan fingerprint density at radius 2 is 1.33 bits per heavy atom. The molecule has 0 N–H and O–H groups in total. The van der Waals surface area contributed by atoms with E-state index in [1.54, 1.807) is 50.6 Å². The van der Waals surface area contributed by atoms with E-state index in [9.17, 15) is 0 Å². The molecule has 18 heavy (non-hydrogen) atoms. The third-order valence-electron chi connectivity index (χ3n) is 4.67. The largest absolute Gasteiger partial charge is 0.262 e. The average Bonchev–Trinajstić information content (AvgIpc) is 2.27. The van der Waals surface area contributed by atoms with E-state index in [0.29, 0.717) is 0 Å². The zero-order chi connectivity index (χ0) is 12.5. The molecule has 1 saturated carbocycles. The molecule has 4 heterocycles. The number of hydrogen-bond acceptors (Lipinski definition) is 1. The zero-order valence-electron chi connectivity index (χ0n) is 10.5. The first-order chi connectivity index (χ1) is 8.69. The first kappa shape index (κ1) is 13.2. The number of halogens is 2. The highest BCUT2D eigenvalue weighted by Gasteiger charge is 2.43. The van der Waals surface area contributed by atoms with E-state index >= 15 is 0 Å². The minimum atomic E-state index is 0.992. The van der Waals surface area contributed by atoms with Crippen LogP contribution in [0.4, 0.5) is 0 Å². The molecule has 4 bridgehead atoms. The van der Waals surface area contributed by atoms with Crippen molar-refractivity contribution in [3.63, 3.8) is 0 Å². The van der Waals surface area contributed by atoms with Gasteiger partial charge >= 0.3 is 0 Å². The number of aromatic nitrogens is 1. The van der Waals surface area contributed by atoms with Crippen molar-refractivity contribution in [2.45, 2.75) is 38.2 Å². The topological polar surface area (TPSA) is 12.9 Å². The van der Waals surface area contributed by atoms with Gasteiger partial charge in [-0.05, 0) is 74.9 Å². The molecule has 0 spiro atoms. The summed E-state index contributed by atoms with van der Waals surface area (Å²) in [6.45, 7) is 1.18. The molecule has 5 rings (SSSR count). The Bertz CT molecular complexity index is 350. The number of pyridine rings is 1. The Balaban J connectivity index is 0.000000115. The fraction of sp³-hybridized carbons (Fsp3) is 0.643. The molecule has 3 aliphatic heterocycles. The standard InChI is InChI=1S/C9H15B.C5H3Br2N/c1-7-2-9-3-8(1)5-10(4-7)6-9;6-4-1-5(7)3-8-2-4/h7-9H,1-6H2;1-3H. The number of rotatable bonds is 0. The summed E-state index contributed by atoms with van der Waals surface area (Å²) in [7, 11) is 0. The van der Waals surface area contributed by atoms with Gasteiger partial charge in [0.2, 0.25) is 0 Å². The van der Waals surface area contributed by atoms with Crippen LogP contribution in [0.2, 0.25) is 19.0 Å². The Morgan fingerprint density at radius 1 is 0.889 bits per heavy atom. The van der Waals surface area contributed by atoms with E-state index in [-0.39, 0.29) is 0 Å². The molecule has 0 atom stereocenters.